The van der Waals surface area contributed by atoms with E-state index >= 15 is 0 Å². The van der Waals surface area contributed by atoms with Gasteiger partial charge < -0.3 is 26.2 Å². The van der Waals surface area contributed by atoms with Gasteiger partial charge in [0.15, 0.2) is 5.69 Å². The molecule has 228 valence electrons. The van der Waals surface area contributed by atoms with Crippen molar-refractivity contribution in [1.29, 1.82) is 0 Å². The predicted octanol–water partition coefficient (Wildman–Crippen LogP) is 2.91. The summed E-state index contributed by atoms with van der Waals surface area (Å²) in [6.45, 7) is 1.44. The number of carbonyl (C=O) groups is 4. The number of fused-ring (bicyclic) bond motifs is 1. The Bertz CT molecular complexity index is 1550. The summed E-state index contributed by atoms with van der Waals surface area (Å²) in [5.74, 6) is -1.95. The van der Waals surface area contributed by atoms with Gasteiger partial charge in [-0.3, -0.25) is 23.9 Å². The third-order valence-electron chi connectivity index (χ3n) is 7.99. The zero-order valence-electron chi connectivity index (χ0n) is 23.9. The number of halogens is 2. The van der Waals surface area contributed by atoms with Crippen LogP contribution in [0, 0.1) is 11.7 Å². The molecule has 2 fully saturated rings. The molecule has 0 bridgehead atoms. The van der Waals surface area contributed by atoms with E-state index in [4.69, 9.17) is 17.3 Å². The molecule has 4 amide bonds. The normalized spacial score (nSPS) is 15.8. The predicted molar refractivity (Wildman–Crippen MR) is 160 cm³/mol. The number of aromatic nitrogens is 2. The molecule has 0 spiro atoms. The average Bonchev–Trinajstić information content (AvgIpc) is 3.75. The molecule has 2 aromatic carbocycles. The molecule has 13 heteroatoms. The molecule has 2 heterocycles. The van der Waals surface area contributed by atoms with Crippen LogP contribution in [0.4, 0.5) is 10.1 Å². The summed E-state index contributed by atoms with van der Waals surface area (Å²) in [5, 5.41) is 10.2. The summed E-state index contributed by atoms with van der Waals surface area (Å²) in [5.41, 5.74) is 6.82. The van der Waals surface area contributed by atoms with E-state index in [1.807, 2.05) is 0 Å². The van der Waals surface area contributed by atoms with Crippen LogP contribution in [0.1, 0.15) is 48.2 Å². The number of piperidine rings is 1. The van der Waals surface area contributed by atoms with Crippen LogP contribution in [-0.2, 0) is 27.5 Å². The number of benzene rings is 2. The number of carbonyl (C=O) groups excluding carboxylic acids is 4. The molecule has 0 radical (unpaired) electrons. The highest BCUT2D eigenvalue weighted by Crippen LogP contribution is 2.28. The maximum absolute atomic E-state index is 14.2. The number of nitrogens with two attached hydrogens (primary N) is 1. The fourth-order valence-electron chi connectivity index (χ4n) is 5.42. The van der Waals surface area contributed by atoms with E-state index in [0.29, 0.717) is 28.9 Å². The third kappa shape index (κ3) is 7.49. The summed E-state index contributed by atoms with van der Waals surface area (Å²) in [7, 11) is 2.07. The minimum absolute atomic E-state index is 0.0199. The van der Waals surface area contributed by atoms with Crippen molar-refractivity contribution in [2.45, 2.75) is 51.2 Å². The SMILES string of the molecule is CN1CCC(CC(=O)Nc2ccc3c(c2)c(C(N)=O)nn3CC(=O)N(CC(=O)NCc2cccc(Cl)c2F)C2CC2)CC1. The van der Waals surface area contributed by atoms with Crippen molar-refractivity contribution in [2.75, 3.05) is 32.0 Å². The lowest BCUT2D eigenvalue weighted by molar-refractivity contribution is -0.137. The van der Waals surface area contributed by atoms with Gasteiger partial charge in [-0.05, 0) is 76.0 Å². The number of rotatable bonds is 11. The van der Waals surface area contributed by atoms with Gasteiger partial charge in [0.05, 0.1) is 17.1 Å². The smallest absolute Gasteiger partial charge is 0.269 e. The molecule has 1 saturated carbocycles. The molecule has 11 nitrogen and oxygen atoms in total. The van der Waals surface area contributed by atoms with Gasteiger partial charge in [0.1, 0.15) is 12.4 Å². The van der Waals surface area contributed by atoms with Gasteiger partial charge in [0, 0.05) is 35.6 Å². The molecular formula is C30H35ClFN7O4. The van der Waals surface area contributed by atoms with E-state index in [1.165, 1.54) is 21.7 Å². The molecule has 43 heavy (non-hydrogen) atoms. The van der Waals surface area contributed by atoms with Crippen LogP contribution in [0.15, 0.2) is 36.4 Å². The summed E-state index contributed by atoms with van der Waals surface area (Å²) < 4.78 is 15.6. The topological polar surface area (TPSA) is 143 Å². The first-order valence-corrected chi connectivity index (χ1v) is 14.7. The van der Waals surface area contributed by atoms with Crippen LogP contribution in [0.3, 0.4) is 0 Å². The Morgan fingerprint density at radius 2 is 1.84 bits per heavy atom. The largest absolute Gasteiger partial charge is 0.364 e. The lowest BCUT2D eigenvalue weighted by Gasteiger charge is -2.28. The fourth-order valence-corrected chi connectivity index (χ4v) is 5.61. The number of anilines is 1. The standard InChI is InChI=1S/C30H35ClFN7O4/c1-37-11-9-18(10-12-37)13-25(40)35-20-5-8-24-22(14-20)29(30(33)43)36-39(24)17-27(42)38(21-6-7-21)16-26(41)34-15-19-3-2-4-23(31)28(19)32/h2-5,8,14,18,21H,6-7,9-13,15-17H2,1H3,(H2,33,43)(H,34,41)(H,35,40). The molecule has 3 aromatic rings. The molecular weight excluding hydrogens is 577 g/mol. The van der Waals surface area contributed by atoms with Gasteiger partial charge in [-0.2, -0.15) is 5.10 Å². The Balaban J connectivity index is 1.25. The monoisotopic (exact) mass is 611 g/mol. The van der Waals surface area contributed by atoms with E-state index < -0.39 is 17.6 Å². The number of hydrogen-bond acceptors (Lipinski definition) is 6. The lowest BCUT2D eigenvalue weighted by Crippen LogP contribution is -2.43. The summed E-state index contributed by atoms with van der Waals surface area (Å²) >= 11 is 5.82. The van der Waals surface area contributed by atoms with E-state index in [1.54, 1.807) is 24.3 Å². The zero-order chi connectivity index (χ0) is 30.7. The number of amides is 4. The van der Waals surface area contributed by atoms with E-state index in [2.05, 4.69) is 27.7 Å². The second-order valence-corrected chi connectivity index (χ2v) is 11.8. The molecule has 1 saturated heterocycles. The second-order valence-electron chi connectivity index (χ2n) is 11.3. The summed E-state index contributed by atoms with van der Waals surface area (Å²) in [4.78, 5) is 54.8. The van der Waals surface area contributed by atoms with Crippen LogP contribution in [0.2, 0.25) is 5.02 Å². The number of primary amides is 1. The number of nitrogens with zero attached hydrogens (tertiary/aromatic N) is 4. The number of nitrogens with one attached hydrogen (secondary N) is 2. The van der Waals surface area contributed by atoms with Gasteiger partial charge in [0.25, 0.3) is 5.91 Å². The van der Waals surface area contributed by atoms with Crippen molar-refractivity contribution >= 4 is 51.8 Å². The average molecular weight is 612 g/mol. The quantitative estimate of drug-likeness (QED) is 0.304. The van der Waals surface area contributed by atoms with Crippen LogP contribution < -0.4 is 16.4 Å². The highest BCUT2D eigenvalue weighted by Gasteiger charge is 2.34. The van der Waals surface area contributed by atoms with Crippen LogP contribution in [-0.4, -0.2) is 75.9 Å². The van der Waals surface area contributed by atoms with Crippen LogP contribution in [0.5, 0.6) is 0 Å². The maximum Gasteiger partial charge on any atom is 0.269 e. The molecule has 2 aliphatic rings. The van der Waals surface area contributed by atoms with Crippen LogP contribution >= 0.6 is 11.6 Å². The third-order valence-corrected chi connectivity index (χ3v) is 8.29. The first-order chi connectivity index (χ1) is 20.6. The second kappa shape index (κ2) is 13.1. The van der Waals surface area contributed by atoms with Crippen molar-refractivity contribution in [1.82, 2.24) is 24.9 Å². The molecule has 0 unspecified atom stereocenters. The van der Waals surface area contributed by atoms with Crippen molar-refractivity contribution in [3.8, 4) is 0 Å². The highest BCUT2D eigenvalue weighted by atomic mass is 35.5. The summed E-state index contributed by atoms with van der Waals surface area (Å²) in [6, 6.07) is 9.46. The molecule has 0 atom stereocenters. The zero-order valence-corrected chi connectivity index (χ0v) is 24.7. The summed E-state index contributed by atoms with van der Waals surface area (Å²) in [6.07, 6.45) is 3.87. The maximum atomic E-state index is 14.2. The Kier molecular flexibility index (Phi) is 9.26. The highest BCUT2D eigenvalue weighted by molar-refractivity contribution is 6.30. The van der Waals surface area contributed by atoms with Gasteiger partial charge >= 0.3 is 0 Å². The lowest BCUT2D eigenvalue weighted by atomic mass is 9.93. The fraction of sp³-hybridized carbons (Fsp3) is 0.433. The number of hydrogen-bond donors (Lipinski definition) is 3. The molecule has 5 rings (SSSR count). The van der Waals surface area contributed by atoms with Gasteiger partial charge in [-0.1, -0.05) is 23.7 Å². The van der Waals surface area contributed by atoms with Crippen LogP contribution in [0.25, 0.3) is 10.9 Å². The Morgan fingerprint density at radius 3 is 2.53 bits per heavy atom. The van der Waals surface area contributed by atoms with Crippen molar-refractivity contribution in [3.63, 3.8) is 0 Å². The van der Waals surface area contributed by atoms with Gasteiger partial charge in [0.2, 0.25) is 17.7 Å². The first-order valence-electron chi connectivity index (χ1n) is 14.4. The van der Waals surface area contributed by atoms with Gasteiger partial charge in [-0.25, -0.2) is 4.39 Å². The first kappa shape index (κ1) is 30.4. The van der Waals surface area contributed by atoms with Crippen molar-refractivity contribution in [3.05, 3.63) is 58.5 Å². The van der Waals surface area contributed by atoms with Crippen molar-refractivity contribution < 1.29 is 23.6 Å². The van der Waals surface area contributed by atoms with E-state index in [0.717, 1.165) is 38.8 Å². The minimum atomic E-state index is -0.766. The molecule has 4 N–H and O–H groups in total. The van der Waals surface area contributed by atoms with E-state index in [-0.39, 0.29) is 53.8 Å². The number of likely N-dealkylation sites (tertiary alicyclic amines) is 1. The Morgan fingerprint density at radius 1 is 1.09 bits per heavy atom. The van der Waals surface area contributed by atoms with E-state index in [9.17, 15) is 23.6 Å². The molecule has 1 aliphatic heterocycles. The van der Waals surface area contributed by atoms with Gasteiger partial charge in [-0.15, -0.1) is 0 Å². The molecule has 1 aromatic heterocycles. The minimum Gasteiger partial charge on any atom is -0.364 e. The Hall–Kier alpha value is -4.03. The molecule has 1 aliphatic carbocycles. The van der Waals surface area contributed by atoms with Crippen molar-refractivity contribution in [2.24, 2.45) is 11.7 Å². The Labute approximate surface area is 253 Å².